The lowest BCUT2D eigenvalue weighted by atomic mass is 10.2. The molecule has 0 radical (unpaired) electrons. The topological polar surface area (TPSA) is 116 Å². The number of sulfonamides is 1. The van der Waals surface area contributed by atoms with Crippen LogP contribution in [0.15, 0.2) is 83.8 Å². The van der Waals surface area contributed by atoms with E-state index in [4.69, 9.17) is 9.84 Å². The zero-order chi connectivity index (χ0) is 24.8. The highest BCUT2D eigenvalue weighted by Gasteiger charge is 2.29. The summed E-state index contributed by atoms with van der Waals surface area (Å²) in [5, 5.41) is 12.0. The summed E-state index contributed by atoms with van der Waals surface area (Å²) < 4.78 is 32.9. The monoisotopic (exact) mass is 495 g/mol. The maximum absolute atomic E-state index is 12.9. The number of ether oxygens (including phenoxy) is 1. The standard InChI is InChI=1S/C25H25N3O6S/c29-24(26-20-9-11-22(12-10-20)34-21-6-2-1-3-7-21)18-27-13-15-28(16-14-27)35(32,33)23-8-4-5-19(17-23)25(30)31/h1-12,17H,13-16,18H2,(H,26,29)(H,30,31). The molecule has 2 N–H and O–H groups in total. The molecule has 0 aromatic heterocycles. The molecule has 4 rings (SSSR count). The van der Waals surface area contributed by atoms with Crippen molar-refractivity contribution in [2.24, 2.45) is 0 Å². The first-order valence-electron chi connectivity index (χ1n) is 11.0. The zero-order valence-corrected chi connectivity index (χ0v) is 19.6. The van der Waals surface area contributed by atoms with Crippen LogP contribution in [0.25, 0.3) is 0 Å². The second-order valence-electron chi connectivity index (χ2n) is 8.00. The van der Waals surface area contributed by atoms with Gasteiger partial charge in [-0.15, -0.1) is 0 Å². The predicted octanol–water partition coefficient (Wildman–Crippen LogP) is 3.12. The number of amides is 1. The number of nitrogens with one attached hydrogen (secondary N) is 1. The van der Waals surface area contributed by atoms with Gasteiger partial charge in [-0.1, -0.05) is 24.3 Å². The van der Waals surface area contributed by atoms with Crippen molar-refractivity contribution in [2.45, 2.75) is 4.90 Å². The SMILES string of the molecule is O=C(CN1CCN(S(=O)(=O)c2cccc(C(=O)O)c2)CC1)Nc1ccc(Oc2ccccc2)cc1. The van der Waals surface area contributed by atoms with Crippen molar-refractivity contribution in [3.8, 4) is 11.5 Å². The summed E-state index contributed by atoms with van der Waals surface area (Å²) in [4.78, 5) is 25.5. The zero-order valence-electron chi connectivity index (χ0n) is 18.8. The quantitative estimate of drug-likeness (QED) is 0.493. The number of carbonyl (C=O) groups excluding carboxylic acids is 1. The minimum atomic E-state index is -3.81. The number of carboxylic acids is 1. The van der Waals surface area contributed by atoms with E-state index >= 15 is 0 Å². The maximum Gasteiger partial charge on any atom is 0.335 e. The molecular formula is C25H25N3O6S. The Hall–Kier alpha value is -3.73. The summed E-state index contributed by atoms with van der Waals surface area (Å²) in [5.74, 6) is -0.0103. The number of carbonyl (C=O) groups is 2. The fraction of sp³-hybridized carbons (Fsp3) is 0.200. The van der Waals surface area contributed by atoms with Gasteiger partial charge in [-0.25, -0.2) is 13.2 Å². The van der Waals surface area contributed by atoms with Crippen LogP contribution in [0.1, 0.15) is 10.4 Å². The van der Waals surface area contributed by atoms with Crippen molar-refractivity contribution in [2.75, 3.05) is 38.0 Å². The van der Waals surface area contributed by atoms with Gasteiger partial charge >= 0.3 is 5.97 Å². The number of piperazine rings is 1. The van der Waals surface area contributed by atoms with Crippen LogP contribution in [-0.2, 0) is 14.8 Å². The van der Waals surface area contributed by atoms with Crippen LogP contribution in [0.5, 0.6) is 11.5 Å². The van der Waals surface area contributed by atoms with Crippen LogP contribution in [0.4, 0.5) is 5.69 Å². The van der Waals surface area contributed by atoms with Crippen molar-refractivity contribution in [1.29, 1.82) is 0 Å². The fourth-order valence-electron chi connectivity index (χ4n) is 3.70. The molecular weight excluding hydrogens is 470 g/mol. The van der Waals surface area contributed by atoms with E-state index in [1.807, 2.05) is 35.2 Å². The highest BCUT2D eigenvalue weighted by molar-refractivity contribution is 7.89. The number of para-hydroxylation sites is 1. The third-order valence-electron chi connectivity index (χ3n) is 5.53. The second-order valence-corrected chi connectivity index (χ2v) is 9.94. The molecule has 10 heteroatoms. The number of benzene rings is 3. The lowest BCUT2D eigenvalue weighted by Crippen LogP contribution is -2.50. The summed E-state index contributed by atoms with van der Waals surface area (Å²) in [6.45, 7) is 1.31. The Labute approximate surface area is 203 Å². The first kappa shape index (κ1) is 24.4. The van der Waals surface area contributed by atoms with Gasteiger partial charge in [-0.2, -0.15) is 4.31 Å². The van der Waals surface area contributed by atoms with E-state index in [-0.39, 0.29) is 36.0 Å². The van der Waals surface area contributed by atoms with Crippen LogP contribution >= 0.6 is 0 Å². The van der Waals surface area contributed by atoms with Gasteiger partial charge in [0.15, 0.2) is 0 Å². The number of hydrogen-bond donors (Lipinski definition) is 2. The van der Waals surface area contributed by atoms with Crippen LogP contribution in [0.2, 0.25) is 0 Å². The van der Waals surface area contributed by atoms with Gasteiger partial charge in [0.1, 0.15) is 11.5 Å². The Morgan fingerprint density at radius 2 is 1.51 bits per heavy atom. The Balaban J connectivity index is 1.27. The minimum Gasteiger partial charge on any atom is -0.478 e. The molecule has 0 bridgehead atoms. The van der Waals surface area contributed by atoms with E-state index in [0.29, 0.717) is 24.5 Å². The van der Waals surface area contributed by atoms with Crippen LogP contribution in [0, 0.1) is 0 Å². The Morgan fingerprint density at radius 3 is 2.17 bits per heavy atom. The normalized spacial score (nSPS) is 14.9. The highest BCUT2D eigenvalue weighted by Crippen LogP contribution is 2.23. The molecule has 0 atom stereocenters. The van der Waals surface area contributed by atoms with Gasteiger partial charge in [0, 0.05) is 31.9 Å². The highest BCUT2D eigenvalue weighted by atomic mass is 32.2. The van der Waals surface area contributed by atoms with Gasteiger partial charge in [0.05, 0.1) is 17.0 Å². The Kier molecular flexibility index (Phi) is 7.45. The largest absolute Gasteiger partial charge is 0.478 e. The van der Waals surface area contributed by atoms with E-state index in [9.17, 15) is 18.0 Å². The van der Waals surface area contributed by atoms with E-state index in [1.165, 1.54) is 22.5 Å². The molecule has 1 fully saturated rings. The van der Waals surface area contributed by atoms with E-state index < -0.39 is 16.0 Å². The molecule has 1 aliphatic heterocycles. The predicted molar refractivity (Wildman–Crippen MR) is 130 cm³/mol. The summed E-state index contributed by atoms with van der Waals surface area (Å²) in [6.07, 6.45) is 0. The average Bonchev–Trinajstić information content (AvgIpc) is 2.86. The molecule has 3 aromatic rings. The van der Waals surface area contributed by atoms with Gasteiger partial charge in [-0.3, -0.25) is 9.69 Å². The molecule has 0 spiro atoms. The van der Waals surface area contributed by atoms with Gasteiger partial charge < -0.3 is 15.2 Å². The van der Waals surface area contributed by atoms with Crippen molar-refractivity contribution in [1.82, 2.24) is 9.21 Å². The summed E-state index contributed by atoms with van der Waals surface area (Å²) in [7, 11) is -3.81. The third kappa shape index (κ3) is 6.24. The number of nitrogens with zero attached hydrogens (tertiary/aromatic N) is 2. The lowest BCUT2D eigenvalue weighted by Gasteiger charge is -2.33. The van der Waals surface area contributed by atoms with Crippen molar-refractivity contribution >= 4 is 27.6 Å². The number of hydrogen-bond acceptors (Lipinski definition) is 6. The van der Waals surface area contributed by atoms with Gasteiger partial charge in [0.2, 0.25) is 15.9 Å². The molecule has 1 saturated heterocycles. The molecule has 1 amide bonds. The number of anilines is 1. The average molecular weight is 496 g/mol. The van der Waals surface area contributed by atoms with Crippen LogP contribution in [-0.4, -0.2) is 67.3 Å². The lowest BCUT2D eigenvalue weighted by molar-refractivity contribution is -0.117. The number of rotatable bonds is 8. The maximum atomic E-state index is 12.9. The Morgan fingerprint density at radius 1 is 0.857 bits per heavy atom. The van der Waals surface area contributed by atoms with Crippen molar-refractivity contribution in [3.05, 3.63) is 84.4 Å². The summed E-state index contributed by atoms with van der Waals surface area (Å²) >= 11 is 0. The molecule has 0 saturated carbocycles. The van der Waals surface area contributed by atoms with Crippen molar-refractivity contribution in [3.63, 3.8) is 0 Å². The smallest absolute Gasteiger partial charge is 0.335 e. The molecule has 0 unspecified atom stereocenters. The van der Waals surface area contributed by atoms with Crippen molar-refractivity contribution < 1.29 is 27.9 Å². The van der Waals surface area contributed by atoms with Gasteiger partial charge in [0.25, 0.3) is 0 Å². The molecule has 182 valence electrons. The fourth-order valence-corrected chi connectivity index (χ4v) is 5.17. The van der Waals surface area contributed by atoms with E-state index in [0.717, 1.165) is 11.8 Å². The Bertz CT molecular complexity index is 1290. The first-order valence-corrected chi connectivity index (χ1v) is 12.4. The molecule has 3 aromatic carbocycles. The minimum absolute atomic E-state index is 0.0525. The van der Waals surface area contributed by atoms with E-state index in [2.05, 4.69) is 5.32 Å². The number of aromatic carboxylic acids is 1. The molecule has 1 aliphatic rings. The summed E-state index contributed by atoms with van der Waals surface area (Å²) in [5.41, 5.74) is 0.552. The van der Waals surface area contributed by atoms with Crippen LogP contribution < -0.4 is 10.1 Å². The van der Waals surface area contributed by atoms with Gasteiger partial charge in [-0.05, 0) is 54.6 Å². The van der Waals surface area contributed by atoms with Crippen LogP contribution in [0.3, 0.4) is 0 Å². The molecule has 1 heterocycles. The summed E-state index contributed by atoms with van der Waals surface area (Å²) in [6, 6.07) is 21.7. The molecule has 35 heavy (non-hydrogen) atoms. The third-order valence-corrected chi connectivity index (χ3v) is 7.43. The van der Waals surface area contributed by atoms with E-state index in [1.54, 1.807) is 24.3 Å². The molecule has 0 aliphatic carbocycles. The number of carboxylic acid groups (broad SMARTS) is 1. The first-order chi connectivity index (χ1) is 16.8. The second kappa shape index (κ2) is 10.7. The molecule has 9 nitrogen and oxygen atoms in total.